The van der Waals surface area contributed by atoms with E-state index in [0.717, 1.165) is 11.6 Å². The Balaban J connectivity index is 1.63. The van der Waals surface area contributed by atoms with Crippen molar-refractivity contribution in [1.29, 1.82) is 0 Å². The predicted octanol–water partition coefficient (Wildman–Crippen LogP) is 5.08. The van der Waals surface area contributed by atoms with Gasteiger partial charge in [-0.2, -0.15) is 0 Å². The molecule has 3 N–H and O–H groups in total. The van der Waals surface area contributed by atoms with E-state index in [-0.39, 0.29) is 24.9 Å². The summed E-state index contributed by atoms with van der Waals surface area (Å²) in [5.74, 6) is -1.61. The number of benzene rings is 3. The van der Waals surface area contributed by atoms with E-state index in [1.54, 1.807) is 12.1 Å². The van der Waals surface area contributed by atoms with Crippen LogP contribution in [0.25, 0.3) is 11.1 Å². The second-order valence-electron chi connectivity index (χ2n) is 7.68. The van der Waals surface area contributed by atoms with E-state index in [1.807, 2.05) is 19.1 Å². The highest BCUT2D eigenvalue weighted by molar-refractivity contribution is 5.64. The van der Waals surface area contributed by atoms with Gasteiger partial charge in [-0.25, -0.2) is 13.2 Å². The minimum Gasteiger partial charge on any atom is -0.396 e. The van der Waals surface area contributed by atoms with E-state index in [2.05, 4.69) is 5.32 Å². The van der Waals surface area contributed by atoms with Gasteiger partial charge in [-0.05, 0) is 60.8 Å². The van der Waals surface area contributed by atoms with Crippen molar-refractivity contribution in [3.05, 3.63) is 95.3 Å². The van der Waals surface area contributed by atoms with Crippen LogP contribution in [0.5, 0.6) is 0 Å². The van der Waals surface area contributed by atoms with Gasteiger partial charge in [0.1, 0.15) is 17.5 Å². The molecule has 0 unspecified atom stereocenters. The zero-order chi connectivity index (χ0) is 22.4. The molecule has 0 radical (unpaired) electrons. The van der Waals surface area contributed by atoms with Gasteiger partial charge >= 0.3 is 0 Å². The Labute approximate surface area is 180 Å². The average Bonchev–Trinajstić information content (AvgIpc) is 2.74. The lowest BCUT2D eigenvalue weighted by Gasteiger charge is -2.29. The first-order valence-electron chi connectivity index (χ1n) is 10.2. The molecule has 3 rings (SSSR count). The lowest BCUT2D eigenvalue weighted by atomic mass is 9.87. The molecule has 0 aromatic heterocycles. The molecule has 3 nitrogen and oxygen atoms in total. The Morgan fingerprint density at radius 3 is 2.13 bits per heavy atom. The smallest absolute Gasteiger partial charge is 0.133 e. The van der Waals surface area contributed by atoms with E-state index in [0.29, 0.717) is 29.7 Å². The van der Waals surface area contributed by atoms with Gasteiger partial charge in [0, 0.05) is 30.7 Å². The minimum atomic E-state index is -1.26. The number of aliphatic hydroxyl groups excluding tert-OH is 1. The number of nitrogens with one attached hydrogen (secondary N) is 1. The van der Waals surface area contributed by atoms with Crippen molar-refractivity contribution in [2.75, 3.05) is 13.2 Å². The zero-order valence-corrected chi connectivity index (χ0v) is 17.3. The summed E-state index contributed by atoms with van der Waals surface area (Å²) in [7, 11) is 0. The SMILES string of the molecule is C[C@H](NCC[C@](O)(CCO)c1ccc(F)cc1)c1ccc(-c2ccc(F)cc2F)cc1. The fraction of sp³-hybridized carbons (Fsp3) is 0.280. The van der Waals surface area contributed by atoms with Gasteiger partial charge in [-0.15, -0.1) is 0 Å². The summed E-state index contributed by atoms with van der Waals surface area (Å²) < 4.78 is 40.3. The fourth-order valence-corrected chi connectivity index (χ4v) is 3.65. The fourth-order valence-electron chi connectivity index (χ4n) is 3.65. The lowest BCUT2D eigenvalue weighted by Crippen LogP contribution is -2.32. The Morgan fingerprint density at radius 2 is 1.52 bits per heavy atom. The summed E-state index contributed by atoms with van der Waals surface area (Å²) in [4.78, 5) is 0. The molecule has 0 aliphatic rings. The van der Waals surface area contributed by atoms with Crippen molar-refractivity contribution in [2.24, 2.45) is 0 Å². The second-order valence-corrected chi connectivity index (χ2v) is 7.68. The molecule has 0 aliphatic carbocycles. The monoisotopic (exact) mass is 429 g/mol. The molecule has 0 fully saturated rings. The maximum atomic E-state index is 14.0. The van der Waals surface area contributed by atoms with Gasteiger partial charge in [0.2, 0.25) is 0 Å². The summed E-state index contributed by atoms with van der Waals surface area (Å²) in [6.07, 6.45) is 0.481. The summed E-state index contributed by atoms with van der Waals surface area (Å²) in [6.45, 7) is 2.24. The average molecular weight is 429 g/mol. The van der Waals surface area contributed by atoms with Gasteiger partial charge in [-0.1, -0.05) is 36.4 Å². The summed E-state index contributed by atoms with van der Waals surface area (Å²) in [6, 6.07) is 16.4. The van der Waals surface area contributed by atoms with Crippen LogP contribution in [0, 0.1) is 17.5 Å². The highest BCUT2D eigenvalue weighted by Gasteiger charge is 2.28. The minimum absolute atomic E-state index is 0.0429. The van der Waals surface area contributed by atoms with Crippen LogP contribution in [0.15, 0.2) is 66.7 Å². The second kappa shape index (κ2) is 10.1. The molecule has 2 atom stereocenters. The topological polar surface area (TPSA) is 52.5 Å². The standard InChI is InChI=1S/C25H26F3NO2/c1-17(18-2-4-19(5-3-18)23-11-10-22(27)16-24(23)28)29-14-12-25(31,13-15-30)20-6-8-21(26)9-7-20/h2-11,16-17,29-31H,12-15H2,1H3/t17-,25-/m0/s1. The Morgan fingerprint density at radius 1 is 0.871 bits per heavy atom. The molecule has 3 aromatic carbocycles. The van der Waals surface area contributed by atoms with Crippen molar-refractivity contribution in [1.82, 2.24) is 5.32 Å². The van der Waals surface area contributed by atoms with Gasteiger partial charge in [0.05, 0.1) is 5.60 Å². The van der Waals surface area contributed by atoms with E-state index in [9.17, 15) is 23.4 Å². The third kappa shape index (κ3) is 5.73. The highest BCUT2D eigenvalue weighted by Crippen LogP contribution is 2.29. The molecule has 0 saturated carbocycles. The van der Waals surface area contributed by atoms with E-state index >= 15 is 0 Å². The summed E-state index contributed by atoms with van der Waals surface area (Å²) in [5, 5.41) is 23.7. The number of hydrogen-bond acceptors (Lipinski definition) is 3. The molecule has 3 aromatic rings. The number of aliphatic hydroxyl groups is 2. The molecule has 0 saturated heterocycles. The number of rotatable bonds is 9. The van der Waals surface area contributed by atoms with Crippen LogP contribution in [-0.4, -0.2) is 23.4 Å². The largest absolute Gasteiger partial charge is 0.396 e. The lowest BCUT2D eigenvalue weighted by molar-refractivity contribution is 0.00325. The third-order valence-corrected chi connectivity index (χ3v) is 5.55. The van der Waals surface area contributed by atoms with Gasteiger partial charge < -0.3 is 15.5 Å². The first kappa shape index (κ1) is 23.0. The first-order chi connectivity index (χ1) is 14.8. The van der Waals surface area contributed by atoms with E-state index in [4.69, 9.17) is 0 Å². The molecule has 0 heterocycles. The van der Waals surface area contributed by atoms with Crippen LogP contribution in [0.1, 0.15) is 36.9 Å². The highest BCUT2D eigenvalue weighted by atomic mass is 19.1. The molecule has 6 heteroatoms. The maximum absolute atomic E-state index is 14.0. The Hall–Kier alpha value is -2.67. The molecule has 0 bridgehead atoms. The van der Waals surface area contributed by atoms with Crippen molar-refractivity contribution >= 4 is 0 Å². The first-order valence-corrected chi connectivity index (χ1v) is 10.2. The quantitative estimate of drug-likeness (QED) is 0.445. The summed E-state index contributed by atoms with van der Waals surface area (Å²) >= 11 is 0. The molecular weight excluding hydrogens is 403 g/mol. The van der Waals surface area contributed by atoms with Crippen molar-refractivity contribution in [2.45, 2.75) is 31.4 Å². The van der Waals surface area contributed by atoms with Crippen LogP contribution in [-0.2, 0) is 5.60 Å². The molecule has 31 heavy (non-hydrogen) atoms. The Kier molecular flexibility index (Phi) is 7.49. The van der Waals surface area contributed by atoms with E-state index < -0.39 is 17.2 Å². The number of halogens is 3. The normalized spacial score (nSPS) is 14.3. The van der Waals surface area contributed by atoms with Gasteiger partial charge in [0.25, 0.3) is 0 Å². The Bertz CT molecular complexity index is 993. The molecule has 164 valence electrons. The van der Waals surface area contributed by atoms with Gasteiger partial charge in [-0.3, -0.25) is 0 Å². The molecule has 0 aliphatic heterocycles. The van der Waals surface area contributed by atoms with Crippen LogP contribution < -0.4 is 5.32 Å². The van der Waals surface area contributed by atoms with Crippen molar-refractivity contribution in [3.8, 4) is 11.1 Å². The number of hydrogen-bond donors (Lipinski definition) is 3. The van der Waals surface area contributed by atoms with Crippen molar-refractivity contribution < 1.29 is 23.4 Å². The van der Waals surface area contributed by atoms with Gasteiger partial charge in [0.15, 0.2) is 0 Å². The van der Waals surface area contributed by atoms with Crippen LogP contribution in [0.4, 0.5) is 13.2 Å². The van der Waals surface area contributed by atoms with Crippen LogP contribution in [0.3, 0.4) is 0 Å². The third-order valence-electron chi connectivity index (χ3n) is 5.55. The maximum Gasteiger partial charge on any atom is 0.133 e. The summed E-state index contributed by atoms with van der Waals surface area (Å²) in [5.41, 5.74) is 1.25. The van der Waals surface area contributed by atoms with Crippen LogP contribution >= 0.6 is 0 Å². The van der Waals surface area contributed by atoms with Crippen LogP contribution in [0.2, 0.25) is 0 Å². The predicted molar refractivity (Wildman–Crippen MR) is 115 cm³/mol. The van der Waals surface area contributed by atoms with Crippen molar-refractivity contribution in [3.63, 3.8) is 0 Å². The molecule has 0 amide bonds. The zero-order valence-electron chi connectivity index (χ0n) is 17.3. The van der Waals surface area contributed by atoms with E-state index in [1.165, 1.54) is 36.4 Å². The molecular formula is C25H26F3NO2. The molecule has 0 spiro atoms.